The number of rotatable bonds is 2. The SMILES string of the molecule is CNc1ccc2c(c1)c(O)c(C(=O)N1CCc3ccccc31)c(=O)n2C. The van der Waals surface area contributed by atoms with Crippen LogP contribution in [0.2, 0.25) is 0 Å². The van der Waals surface area contributed by atoms with Crippen LogP contribution in [0, 0.1) is 0 Å². The molecule has 132 valence electrons. The van der Waals surface area contributed by atoms with Crippen molar-refractivity contribution < 1.29 is 9.90 Å². The molecule has 0 aliphatic carbocycles. The topological polar surface area (TPSA) is 74.6 Å². The van der Waals surface area contributed by atoms with Crippen LogP contribution in [0.3, 0.4) is 0 Å². The van der Waals surface area contributed by atoms with Crippen LogP contribution >= 0.6 is 0 Å². The van der Waals surface area contributed by atoms with Gasteiger partial charge in [-0.15, -0.1) is 0 Å². The number of amides is 1. The molecule has 0 radical (unpaired) electrons. The Bertz CT molecular complexity index is 1100. The molecule has 6 nitrogen and oxygen atoms in total. The number of aromatic nitrogens is 1. The van der Waals surface area contributed by atoms with Gasteiger partial charge in [-0.2, -0.15) is 0 Å². The van der Waals surface area contributed by atoms with E-state index < -0.39 is 11.5 Å². The van der Waals surface area contributed by atoms with Crippen LogP contribution in [-0.4, -0.2) is 29.2 Å². The van der Waals surface area contributed by atoms with Crippen molar-refractivity contribution in [3.63, 3.8) is 0 Å². The Hall–Kier alpha value is -3.28. The van der Waals surface area contributed by atoms with E-state index in [0.29, 0.717) is 17.4 Å². The molecule has 0 saturated carbocycles. The molecule has 0 fully saturated rings. The van der Waals surface area contributed by atoms with Gasteiger partial charge in [0.15, 0.2) is 0 Å². The molecule has 1 aliphatic heterocycles. The minimum Gasteiger partial charge on any atom is -0.506 e. The lowest BCUT2D eigenvalue weighted by Gasteiger charge is -2.19. The monoisotopic (exact) mass is 349 g/mol. The van der Waals surface area contributed by atoms with E-state index in [9.17, 15) is 14.7 Å². The maximum absolute atomic E-state index is 13.1. The standard InChI is InChI=1S/C20H19N3O3/c1-21-13-7-8-16-14(11-13)18(24)17(19(25)22(16)2)20(26)23-10-9-12-5-3-4-6-15(12)23/h3-8,11,21,24H,9-10H2,1-2H3. The zero-order valence-electron chi connectivity index (χ0n) is 14.6. The average Bonchev–Trinajstić information content (AvgIpc) is 3.10. The van der Waals surface area contributed by atoms with Gasteiger partial charge >= 0.3 is 0 Å². The van der Waals surface area contributed by atoms with Crippen LogP contribution < -0.4 is 15.8 Å². The summed E-state index contributed by atoms with van der Waals surface area (Å²) in [5.41, 5.74) is 2.53. The number of aromatic hydroxyl groups is 1. The molecule has 4 rings (SSSR count). The zero-order valence-corrected chi connectivity index (χ0v) is 14.6. The van der Waals surface area contributed by atoms with Crippen molar-refractivity contribution in [3.05, 3.63) is 63.9 Å². The van der Waals surface area contributed by atoms with E-state index in [-0.39, 0.29) is 11.3 Å². The van der Waals surface area contributed by atoms with Gasteiger partial charge in [-0.05, 0) is 36.2 Å². The number of hydrogen-bond donors (Lipinski definition) is 2. The molecular formula is C20H19N3O3. The highest BCUT2D eigenvalue weighted by molar-refractivity contribution is 6.11. The minimum absolute atomic E-state index is 0.190. The second kappa shape index (κ2) is 5.91. The highest BCUT2D eigenvalue weighted by Crippen LogP contribution is 2.33. The van der Waals surface area contributed by atoms with Crippen molar-refractivity contribution in [2.45, 2.75) is 6.42 Å². The van der Waals surface area contributed by atoms with Gasteiger partial charge in [0, 0.05) is 37.4 Å². The van der Waals surface area contributed by atoms with Crippen molar-refractivity contribution in [2.24, 2.45) is 7.05 Å². The fourth-order valence-corrected chi connectivity index (χ4v) is 3.56. The summed E-state index contributed by atoms with van der Waals surface area (Å²) in [6.07, 6.45) is 0.737. The van der Waals surface area contributed by atoms with E-state index in [0.717, 1.165) is 23.4 Å². The average molecular weight is 349 g/mol. The third kappa shape index (κ3) is 2.26. The normalized spacial score (nSPS) is 13.1. The quantitative estimate of drug-likeness (QED) is 0.745. The number of benzene rings is 2. The summed E-state index contributed by atoms with van der Waals surface area (Å²) in [5, 5.41) is 14.2. The highest BCUT2D eigenvalue weighted by Gasteiger charge is 2.30. The number of nitrogens with one attached hydrogen (secondary N) is 1. The Morgan fingerprint density at radius 2 is 1.96 bits per heavy atom. The maximum Gasteiger partial charge on any atom is 0.267 e. The molecule has 2 N–H and O–H groups in total. The van der Waals surface area contributed by atoms with E-state index in [4.69, 9.17) is 0 Å². The van der Waals surface area contributed by atoms with Gasteiger partial charge in [0.1, 0.15) is 11.3 Å². The summed E-state index contributed by atoms with van der Waals surface area (Å²) < 4.78 is 1.41. The number of carbonyl (C=O) groups is 1. The van der Waals surface area contributed by atoms with E-state index in [1.54, 1.807) is 31.1 Å². The predicted molar refractivity (Wildman–Crippen MR) is 102 cm³/mol. The molecule has 6 heteroatoms. The van der Waals surface area contributed by atoms with E-state index in [2.05, 4.69) is 5.32 Å². The summed E-state index contributed by atoms with van der Waals surface area (Å²) in [4.78, 5) is 27.5. The zero-order chi connectivity index (χ0) is 18.4. The van der Waals surface area contributed by atoms with Crippen molar-refractivity contribution in [1.29, 1.82) is 0 Å². The Morgan fingerprint density at radius 3 is 2.73 bits per heavy atom. The number of aryl methyl sites for hydroxylation is 1. The van der Waals surface area contributed by atoms with Gasteiger partial charge in [0.2, 0.25) is 0 Å². The van der Waals surface area contributed by atoms with E-state index >= 15 is 0 Å². The molecule has 1 amide bonds. The number of fused-ring (bicyclic) bond motifs is 2. The lowest BCUT2D eigenvalue weighted by atomic mass is 10.1. The third-order valence-electron chi connectivity index (χ3n) is 5.00. The Kier molecular flexibility index (Phi) is 3.68. The fourth-order valence-electron chi connectivity index (χ4n) is 3.56. The number of anilines is 2. The van der Waals surface area contributed by atoms with Crippen LogP contribution in [0.25, 0.3) is 10.9 Å². The van der Waals surface area contributed by atoms with Gasteiger partial charge in [0.25, 0.3) is 11.5 Å². The molecule has 0 unspecified atom stereocenters. The summed E-state index contributed by atoms with van der Waals surface area (Å²) in [5.74, 6) is -0.737. The van der Waals surface area contributed by atoms with E-state index in [1.807, 2.05) is 30.3 Å². The van der Waals surface area contributed by atoms with Gasteiger partial charge in [-0.25, -0.2) is 0 Å². The van der Waals surface area contributed by atoms with Gasteiger partial charge in [-0.3, -0.25) is 9.59 Å². The highest BCUT2D eigenvalue weighted by atomic mass is 16.3. The Morgan fingerprint density at radius 1 is 1.19 bits per heavy atom. The lowest BCUT2D eigenvalue weighted by Crippen LogP contribution is -2.35. The summed E-state index contributed by atoms with van der Waals surface area (Å²) >= 11 is 0. The molecular weight excluding hydrogens is 330 g/mol. The second-order valence-electron chi connectivity index (χ2n) is 6.41. The summed E-state index contributed by atoms with van der Waals surface area (Å²) in [6, 6.07) is 12.9. The number of pyridine rings is 1. The molecule has 0 spiro atoms. The van der Waals surface area contributed by atoms with Crippen LogP contribution in [0.15, 0.2) is 47.3 Å². The number of carbonyl (C=O) groups excluding carboxylic acids is 1. The first-order valence-electron chi connectivity index (χ1n) is 8.46. The Labute approximate surface area is 150 Å². The largest absolute Gasteiger partial charge is 0.506 e. The van der Waals surface area contributed by atoms with Crippen LogP contribution in [0.5, 0.6) is 5.75 Å². The third-order valence-corrected chi connectivity index (χ3v) is 5.00. The minimum atomic E-state index is -0.499. The van der Waals surface area contributed by atoms with E-state index in [1.165, 1.54) is 4.57 Å². The first kappa shape index (κ1) is 16.2. The first-order chi connectivity index (χ1) is 12.5. The molecule has 0 saturated heterocycles. The van der Waals surface area contributed by atoms with Crippen molar-refractivity contribution in [1.82, 2.24) is 4.57 Å². The van der Waals surface area contributed by atoms with Crippen LogP contribution in [0.4, 0.5) is 11.4 Å². The molecule has 1 aromatic heterocycles. The number of para-hydroxylation sites is 1. The first-order valence-corrected chi connectivity index (χ1v) is 8.46. The summed E-state index contributed by atoms with van der Waals surface area (Å²) in [7, 11) is 3.38. The lowest BCUT2D eigenvalue weighted by molar-refractivity contribution is 0.0985. The number of hydrogen-bond acceptors (Lipinski definition) is 4. The van der Waals surface area contributed by atoms with Gasteiger partial charge in [0.05, 0.1) is 5.52 Å². The molecule has 3 aromatic rings. The van der Waals surface area contributed by atoms with Gasteiger partial charge in [-0.1, -0.05) is 18.2 Å². The smallest absolute Gasteiger partial charge is 0.267 e. The molecule has 0 bridgehead atoms. The predicted octanol–water partition coefficient (Wildman–Crippen LogP) is 2.49. The van der Waals surface area contributed by atoms with Crippen LogP contribution in [-0.2, 0) is 13.5 Å². The van der Waals surface area contributed by atoms with Crippen molar-refractivity contribution in [2.75, 3.05) is 23.8 Å². The van der Waals surface area contributed by atoms with Gasteiger partial charge < -0.3 is 19.9 Å². The second-order valence-corrected chi connectivity index (χ2v) is 6.41. The fraction of sp³-hybridized carbons (Fsp3) is 0.200. The van der Waals surface area contributed by atoms with Crippen molar-refractivity contribution in [3.8, 4) is 5.75 Å². The number of nitrogens with zero attached hydrogens (tertiary/aromatic N) is 2. The molecule has 0 atom stereocenters. The molecule has 1 aliphatic rings. The summed E-state index contributed by atoms with van der Waals surface area (Å²) in [6.45, 7) is 0.495. The Balaban J connectivity index is 1.92. The molecule has 2 aromatic carbocycles. The molecule has 26 heavy (non-hydrogen) atoms. The molecule has 2 heterocycles. The van der Waals surface area contributed by atoms with Crippen LogP contribution in [0.1, 0.15) is 15.9 Å². The maximum atomic E-state index is 13.1. The van der Waals surface area contributed by atoms with Crippen molar-refractivity contribution >= 4 is 28.2 Å².